The number of amides is 11. The number of aliphatic hydroxyl groups is 1. The van der Waals surface area contributed by atoms with Gasteiger partial charge in [0.15, 0.2) is 0 Å². The van der Waals surface area contributed by atoms with E-state index in [1.807, 2.05) is 0 Å². The van der Waals surface area contributed by atoms with Crippen molar-refractivity contribution in [3.63, 3.8) is 0 Å². The van der Waals surface area contributed by atoms with Crippen LogP contribution in [0, 0.1) is 11.8 Å². The number of benzene rings is 2. The molecule has 462 valence electrons. The van der Waals surface area contributed by atoms with E-state index in [1.54, 1.807) is 88.4 Å². The summed E-state index contributed by atoms with van der Waals surface area (Å²) in [5.41, 5.74) is 17.6. The summed E-state index contributed by atoms with van der Waals surface area (Å²) >= 11 is 0. The quantitative estimate of drug-likeness (QED) is 0.0302. The second-order valence-corrected chi connectivity index (χ2v) is 20.3. The van der Waals surface area contributed by atoms with E-state index in [9.17, 15) is 82.4 Å². The maximum Gasteiger partial charge on any atom is 0.326 e. The molecule has 30 nitrogen and oxygen atoms in total. The van der Waals surface area contributed by atoms with Gasteiger partial charge >= 0.3 is 17.9 Å². The van der Waals surface area contributed by atoms with Crippen molar-refractivity contribution < 1.29 is 87.5 Å². The zero-order valence-corrected chi connectivity index (χ0v) is 47.1. The summed E-state index contributed by atoms with van der Waals surface area (Å²) in [5.74, 6) is -16.6. The fourth-order valence-electron chi connectivity index (χ4n) is 8.05. The molecule has 2 rings (SSSR count). The zero-order chi connectivity index (χ0) is 63.2. The van der Waals surface area contributed by atoms with Gasteiger partial charge in [0.1, 0.15) is 54.4 Å². The molecular formula is C54H78N12O18. The molecule has 0 heterocycles. The molecule has 10 atom stereocenters. The molecule has 0 saturated carbocycles. The monoisotopic (exact) mass is 1180 g/mol. The van der Waals surface area contributed by atoms with Crippen LogP contribution in [0.4, 0.5) is 0 Å². The van der Waals surface area contributed by atoms with E-state index in [4.69, 9.17) is 22.3 Å². The van der Waals surface area contributed by atoms with Gasteiger partial charge in [-0.05, 0) is 48.6 Å². The minimum Gasteiger partial charge on any atom is -0.481 e. The normalized spacial score (nSPS) is 14.5. The second kappa shape index (κ2) is 36.4. The van der Waals surface area contributed by atoms with E-state index < -0.39 is 201 Å². The summed E-state index contributed by atoms with van der Waals surface area (Å²) < 4.78 is 0. The Morgan fingerprint density at radius 3 is 1.37 bits per heavy atom. The summed E-state index contributed by atoms with van der Waals surface area (Å²) in [4.78, 5) is 182. The van der Waals surface area contributed by atoms with E-state index in [1.165, 1.54) is 0 Å². The standard InChI is InChI=1S/C54H78N12O18/c1-5-29(4)45(53(82)61-33(17-20-43(71)72)47(76)58-26-42(70)59-37(23-30-12-8-6-9-13-30)49(78)62-35(54(83)84)18-21-44(73)74)66-52(81)36(22-28(2)3)64-51(80)39(25-41(57)69)65-48(77)34(16-19-40(56)68)60-50(79)38(63-46(75)32(55)27-67)24-31-14-10-7-11-15-31/h6-15,28-29,32-39,45,67H,5,16-27,55H2,1-4H3,(H2,56,68)(H2,57,69)(H,58,76)(H,59,70)(H,60,79)(H,61,82)(H,62,78)(H,63,75)(H,64,80)(H,65,77)(H,66,81)(H,71,72)(H,73,74)(H,83,84)/t29-,32-,33-,34-,35-,36-,37-,38-,39-,45-/m0/s1. The Bertz CT molecular complexity index is 2630. The van der Waals surface area contributed by atoms with Crippen molar-refractivity contribution in [2.75, 3.05) is 13.2 Å². The number of rotatable bonds is 39. The molecule has 0 aliphatic carbocycles. The van der Waals surface area contributed by atoms with Crippen LogP contribution in [0.25, 0.3) is 0 Å². The van der Waals surface area contributed by atoms with Crippen LogP contribution in [-0.2, 0) is 80.0 Å². The average Bonchev–Trinajstić information content (AvgIpc) is 3.61. The SMILES string of the molecule is CC[C@H](C)[C@H](NC(=O)[C@H](CC(C)C)NC(=O)[C@H](CC(N)=O)NC(=O)[C@H](CCC(N)=O)NC(=O)[C@H](Cc1ccccc1)NC(=O)[C@@H](N)CO)C(=O)N[C@@H](CCC(=O)O)C(=O)NCC(=O)N[C@@H](Cc1ccccc1)C(=O)N[C@@H](CCC(=O)O)C(=O)O. The Labute approximate surface area is 483 Å². The van der Waals surface area contributed by atoms with Crippen molar-refractivity contribution in [2.24, 2.45) is 29.0 Å². The van der Waals surface area contributed by atoms with Crippen LogP contribution in [0.1, 0.15) is 96.6 Å². The summed E-state index contributed by atoms with van der Waals surface area (Å²) in [6.45, 7) is 4.92. The highest BCUT2D eigenvalue weighted by Gasteiger charge is 2.37. The summed E-state index contributed by atoms with van der Waals surface area (Å²) in [6, 6.07) is 2.33. The van der Waals surface area contributed by atoms with Crippen LogP contribution in [0.3, 0.4) is 0 Å². The summed E-state index contributed by atoms with van der Waals surface area (Å²) in [6.07, 6.45) is -4.38. The molecule has 2 aromatic carbocycles. The summed E-state index contributed by atoms with van der Waals surface area (Å²) in [7, 11) is 0. The fraction of sp³-hybridized carbons (Fsp3) is 0.519. The lowest BCUT2D eigenvalue weighted by atomic mass is 9.96. The van der Waals surface area contributed by atoms with Crippen LogP contribution < -0.4 is 65.1 Å². The summed E-state index contributed by atoms with van der Waals surface area (Å²) in [5, 5.41) is 59.1. The van der Waals surface area contributed by atoms with Crippen molar-refractivity contribution in [3.05, 3.63) is 71.8 Å². The third kappa shape index (κ3) is 26.7. The van der Waals surface area contributed by atoms with E-state index >= 15 is 0 Å². The minimum absolute atomic E-state index is 0.125. The first-order valence-corrected chi connectivity index (χ1v) is 26.9. The number of primary amides is 2. The van der Waals surface area contributed by atoms with Gasteiger partial charge in [0.2, 0.25) is 65.0 Å². The molecule has 0 unspecified atom stereocenters. The highest BCUT2D eigenvalue weighted by molar-refractivity contribution is 5.99. The maximum atomic E-state index is 14.2. The average molecular weight is 1180 g/mol. The molecule has 0 radical (unpaired) electrons. The van der Waals surface area contributed by atoms with Crippen LogP contribution in [0.5, 0.6) is 0 Å². The highest BCUT2D eigenvalue weighted by atomic mass is 16.4. The first-order valence-electron chi connectivity index (χ1n) is 26.9. The molecular weight excluding hydrogens is 1100 g/mol. The van der Waals surface area contributed by atoms with Gasteiger partial charge in [-0.1, -0.05) is 94.8 Å². The van der Waals surface area contributed by atoms with E-state index in [-0.39, 0.29) is 31.6 Å². The van der Waals surface area contributed by atoms with Gasteiger partial charge in [-0.15, -0.1) is 0 Å². The van der Waals surface area contributed by atoms with E-state index in [0.717, 1.165) is 0 Å². The maximum absolute atomic E-state index is 14.2. The van der Waals surface area contributed by atoms with Crippen molar-refractivity contribution in [1.82, 2.24) is 47.9 Å². The Balaban J connectivity index is 2.38. The predicted molar refractivity (Wildman–Crippen MR) is 296 cm³/mol. The minimum atomic E-state index is -1.84. The Morgan fingerprint density at radius 2 is 0.893 bits per heavy atom. The van der Waals surface area contributed by atoms with Crippen molar-refractivity contribution in [2.45, 2.75) is 153 Å². The number of carbonyl (C=O) groups is 14. The van der Waals surface area contributed by atoms with Gasteiger partial charge in [-0.25, -0.2) is 4.79 Å². The van der Waals surface area contributed by atoms with Gasteiger partial charge in [0.05, 0.1) is 19.6 Å². The smallest absolute Gasteiger partial charge is 0.326 e. The number of carboxylic acids is 3. The molecule has 11 amide bonds. The molecule has 0 bridgehead atoms. The molecule has 0 saturated heterocycles. The highest BCUT2D eigenvalue weighted by Crippen LogP contribution is 2.14. The number of carboxylic acid groups (broad SMARTS) is 3. The van der Waals surface area contributed by atoms with Gasteiger partial charge in [-0.2, -0.15) is 0 Å². The molecule has 30 heteroatoms. The zero-order valence-electron chi connectivity index (χ0n) is 47.1. The molecule has 2 aromatic rings. The Morgan fingerprint density at radius 1 is 0.476 bits per heavy atom. The molecule has 0 aliphatic rings. The Kier molecular flexibility index (Phi) is 30.8. The fourth-order valence-corrected chi connectivity index (χ4v) is 8.05. The van der Waals surface area contributed by atoms with Crippen LogP contribution in [0.2, 0.25) is 0 Å². The van der Waals surface area contributed by atoms with Crippen LogP contribution in [0.15, 0.2) is 60.7 Å². The number of hydrogen-bond acceptors (Lipinski definition) is 16. The van der Waals surface area contributed by atoms with E-state index in [0.29, 0.717) is 11.1 Å². The lowest BCUT2D eigenvalue weighted by molar-refractivity contribution is -0.143. The van der Waals surface area contributed by atoms with Gasteiger partial charge in [-0.3, -0.25) is 62.3 Å². The third-order valence-electron chi connectivity index (χ3n) is 12.8. The molecule has 0 aliphatic heterocycles. The van der Waals surface area contributed by atoms with Gasteiger partial charge in [0, 0.05) is 32.1 Å². The molecule has 0 aromatic heterocycles. The first-order chi connectivity index (χ1) is 39.5. The number of aliphatic carboxylic acids is 3. The number of nitrogens with two attached hydrogens (primary N) is 3. The third-order valence-corrected chi connectivity index (χ3v) is 12.8. The van der Waals surface area contributed by atoms with Gasteiger partial charge < -0.3 is 85.5 Å². The predicted octanol–water partition coefficient (Wildman–Crippen LogP) is -4.17. The lowest BCUT2D eigenvalue weighted by Gasteiger charge is -2.29. The molecule has 84 heavy (non-hydrogen) atoms. The van der Waals surface area contributed by atoms with Crippen molar-refractivity contribution in [3.8, 4) is 0 Å². The first kappa shape index (κ1) is 71.0. The number of hydrogen-bond donors (Lipinski definition) is 16. The van der Waals surface area contributed by atoms with Gasteiger partial charge in [0.25, 0.3) is 0 Å². The second-order valence-electron chi connectivity index (χ2n) is 20.3. The number of nitrogens with one attached hydrogen (secondary N) is 9. The molecule has 19 N–H and O–H groups in total. The number of carbonyl (C=O) groups excluding carboxylic acids is 11. The molecule has 0 fully saturated rings. The lowest BCUT2D eigenvalue weighted by Crippen LogP contribution is -2.61. The van der Waals surface area contributed by atoms with E-state index in [2.05, 4.69) is 47.9 Å². The van der Waals surface area contributed by atoms with Crippen molar-refractivity contribution >= 4 is 82.9 Å². The molecule has 0 spiro atoms. The van der Waals surface area contributed by atoms with Crippen LogP contribution >= 0.6 is 0 Å². The van der Waals surface area contributed by atoms with Crippen LogP contribution in [-0.4, -0.2) is 171 Å². The van der Waals surface area contributed by atoms with Crippen molar-refractivity contribution in [1.29, 1.82) is 0 Å². The number of aliphatic hydroxyl groups excluding tert-OH is 1. The largest absolute Gasteiger partial charge is 0.481 e. The topological polar surface area (TPSA) is 506 Å². The Hall–Kier alpha value is -9.06.